The van der Waals surface area contributed by atoms with E-state index in [0.717, 1.165) is 5.56 Å². The van der Waals surface area contributed by atoms with E-state index in [4.69, 9.17) is 17.2 Å². The molecule has 0 aromatic heterocycles. The summed E-state index contributed by atoms with van der Waals surface area (Å²) in [5.41, 5.74) is 17.8. The van der Waals surface area contributed by atoms with Crippen LogP contribution in [0, 0.1) is 11.8 Å². The smallest absolute Gasteiger partial charge is 0.326 e. The minimum Gasteiger partial charge on any atom is -0.481 e. The molecule has 66 heavy (non-hydrogen) atoms. The zero-order chi connectivity index (χ0) is 49.9. The van der Waals surface area contributed by atoms with Crippen LogP contribution in [-0.4, -0.2) is 137 Å². The molecule has 1 aromatic carbocycles. The van der Waals surface area contributed by atoms with E-state index in [0.29, 0.717) is 31.6 Å². The monoisotopic (exact) mass is 950 g/mol. The van der Waals surface area contributed by atoms with E-state index in [1.54, 1.807) is 34.0 Å². The number of aliphatic carboxylic acids is 2. The molecule has 1 aromatic rings. The molecule has 0 aliphatic heterocycles. The summed E-state index contributed by atoms with van der Waals surface area (Å²) >= 11 is 1.36. The zero-order valence-corrected chi connectivity index (χ0v) is 39.2. The van der Waals surface area contributed by atoms with Gasteiger partial charge in [-0.1, -0.05) is 64.4 Å². The number of hydrogen-bond acceptors (Lipinski definition) is 13. The fourth-order valence-corrected chi connectivity index (χ4v) is 6.91. The number of unbranched alkanes of at least 4 members (excludes halogenated alkanes) is 1. The number of carboxylic acid groups (broad SMARTS) is 2. The number of hydrogen-bond donors (Lipinski definition) is 12. The number of benzene rings is 1. The van der Waals surface area contributed by atoms with Crippen LogP contribution in [-0.2, 0) is 54.4 Å². The lowest BCUT2D eigenvalue weighted by molar-refractivity contribution is -0.144. The molecular weight excluding hydrogens is 881 g/mol. The molecule has 22 nitrogen and oxygen atoms in total. The Kier molecular flexibility index (Phi) is 27.5. The topological polar surface area (TPSA) is 373 Å². The van der Waals surface area contributed by atoms with Crippen LogP contribution in [0.5, 0.6) is 0 Å². The third-order valence-electron chi connectivity index (χ3n) is 10.3. The highest BCUT2D eigenvalue weighted by Gasteiger charge is 2.35. The number of thioether (sulfide) groups is 1. The van der Waals surface area contributed by atoms with Crippen LogP contribution in [0.15, 0.2) is 30.3 Å². The largest absolute Gasteiger partial charge is 0.481 e. The zero-order valence-electron chi connectivity index (χ0n) is 38.4. The van der Waals surface area contributed by atoms with Crippen LogP contribution in [0.25, 0.3) is 0 Å². The molecule has 15 N–H and O–H groups in total. The Bertz CT molecular complexity index is 1790. The summed E-state index contributed by atoms with van der Waals surface area (Å²) in [6.07, 6.45) is 1.90. The normalized spacial score (nSPS) is 14.7. The average molecular weight is 951 g/mol. The summed E-state index contributed by atoms with van der Waals surface area (Å²) in [5.74, 6) is -10.1. The van der Waals surface area contributed by atoms with E-state index in [9.17, 15) is 58.2 Å². The van der Waals surface area contributed by atoms with Crippen molar-refractivity contribution in [2.45, 2.75) is 134 Å². The number of primary amides is 1. The molecule has 1 rings (SSSR count). The predicted octanol–water partition coefficient (Wildman–Crippen LogP) is -1.62. The fourth-order valence-electron chi connectivity index (χ4n) is 6.44. The molecule has 0 heterocycles. The highest BCUT2D eigenvalue weighted by molar-refractivity contribution is 7.98. The van der Waals surface area contributed by atoms with Gasteiger partial charge in [0.2, 0.25) is 47.3 Å². The van der Waals surface area contributed by atoms with Crippen LogP contribution < -0.4 is 54.4 Å². The first-order chi connectivity index (χ1) is 31.1. The van der Waals surface area contributed by atoms with Crippen LogP contribution in [0.1, 0.15) is 91.0 Å². The highest BCUT2D eigenvalue weighted by Crippen LogP contribution is 2.12. The first-order valence-corrected chi connectivity index (χ1v) is 23.3. The second-order valence-corrected chi connectivity index (χ2v) is 17.4. The Morgan fingerprint density at radius 1 is 0.682 bits per heavy atom. The Balaban J connectivity index is 3.20. The lowest BCUT2D eigenvalue weighted by Gasteiger charge is -2.27. The van der Waals surface area contributed by atoms with Gasteiger partial charge in [0.15, 0.2) is 0 Å². The summed E-state index contributed by atoms with van der Waals surface area (Å²) in [6.45, 7) is 6.52. The van der Waals surface area contributed by atoms with Gasteiger partial charge in [-0.15, -0.1) is 0 Å². The van der Waals surface area contributed by atoms with Crippen molar-refractivity contribution in [3.8, 4) is 0 Å². The van der Waals surface area contributed by atoms with Crippen molar-refractivity contribution in [1.82, 2.24) is 37.2 Å². The van der Waals surface area contributed by atoms with Gasteiger partial charge in [-0.05, 0) is 80.9 Å². The van der Waals surface area contributed by atoms with Crippen molar-refractivity contribution >= 4 is 71.0 Å². The number of carboxylic acids is 2. The van der Waals surface area contributed by atoms with Gasteiger partial charge in [0.05, 0.1) is 19.0 Å². The summed E-state index contributed by atoms with van der Waals surface area (Å²) < 4.78 is 0. The molecule has 0 fully saturated rings. The molecule has 0 radical (unpaired) electrons. The minimum absolute atomic E-state index is 0.0136. The van der Waals surface area contributed by atoms with Gasteiger partial charge in [0, 0.05) is 6.42 Å². The number of nitrogens with one attached hydrogen (secondary N) is 7. The van der Waals surface area contributed by atoms with Crippen molar-refractivity contribution in [3.05, 3.63) is 35.9 Å². The van der Waals surface area contributed by atoms with Crippen LogP contribution in [0.2, 0.25) is 0 Å². The number of carbonyl (C=O) groups is 10. The molecule has 23 heteroatoms. The Morgan fingerprint density at radius 2 is 1.23 bits per heavy atom. The van der Waals surface area contributed by atoms with E-state index in [2.05, 4.69) is 37.2 Å². The summed E-state index contributed by atoms with van der Waals surface area (Å²) in [7, 11) is 0. The van der Waals surface area contributed by atoms with E-state index in [1.165, 1.54) is 11.8 Å². The Labute approximate surface area is 389 Å². The van der Waals surface area contributed by atoms with Crippen molar-refractivity contribution < 1.29 is 58.2 Å². The van der Waals surface area contributed by atoms with Gasteiger partial charge >= 0.3 is 11.9 Å². The molecule has 0 aliphatic rings. The van der Waals surface area contributed by atoms with Gasteiger partial charge in [0.25, 0.3) is 0 Å². The van der Waals surface area contributed by atoms with Crippen LogP contribution in [0.4, 0.5) is 0 Å². The lowest BCUT2D eigenvalue weighted by atomic mass is 9.98. The van der Waals surface area contributed by atoms with Gasteiger partial charge in [-0.25, -0.2) is 4.79 Å². The standard InChI is InChI=1S/C43H70N10O12S/c1-6-25(4)36(43(64)65)53-40(61)29(15-16-33(46)54)50-42(63)32(22-35(56)57)52-41(62)31(20-24(2)3)51-39(60)30(17-19-66-5)48-34(55)23-47-38(59)28(14-10-11-18-44)49-37(58)27(45)21-26-12-8-7-9-13-26/h7-9,12-13,24-25,27-32,36H,6,10-11,14-23,44-45H2,1-5H3,(H2,46,54)(H,47,59)(H,48,55)(H,49,58)(H,50,63)(H,51,60)(H,52,62)(H,53,61)(H,56,57)(H,64,65)/t25-,27-,28-,29-,30-,31-,32-,36-/m0/s1. The summed E-state index contributed by atoms with van der Waals surface area (Å²) in [5, 5.41) is 36.6. The molecule has 8 atom stereocenters. The number of carbonyl (C=O) groups excluding carboxylic acids is 8. The average Bonchev–Trinajstić information content (AvgIpc) is 3.25. The molecule has 0 saturated heterocycles. The first-order valence-electron chi connectivity index (χ1n) is 21.9. The Morgan fingerprint density at radius 3 is 1.79 bits per heavy atom. The molecule has 0 aliphatic carbocycles. The lowest BCUT2D eigenvalue weighted by Crippen LogP contribution is -2.60. The second-order valence-electron chi connectivity index (χ2n) is 16.4. The third kappa shape index (κ3) is 22.9. The Hall–Kier alpha value is -5.81. The molecule has 0 unspecified atom stereocenters. The maximum atomic E-state index is 13.8. The van der Waals surface area contributed by atoms with Gasteiger partial charge < -0.3 is 64.6 Å². The van der Waals surface area contributed by atoms with E-state index in [1.807, 2.05) is 30.3 Å². The number of nitrogens with two attached hydrogens (primary N) is 3. The quantitative estimate of drug-likeness (QED) is 0.0353. The van der Waals surface area contributed by atoms with Crippen LogP contribution >= 0.6 is 11.8 Å². The van der Waals surface area contributed by atoms with Crippen molar-refractivity contribution in [2.24, 2.45) is 29.0 Å². The molecule has 0 spiro atoms. The van der Waals surface area contributed by atoms with Gasteiger partial charge in [-0.2, -0.15) is 11.8 Å². The van der Waals surface area contributed by atoms with Gasteiger partial charge in [0.1, 0.15) is 36.3 Å². The van der Waals surface area contributed by atoms with E-state index < -0.39 is 127 Å². The second kappa shape index (κ2) is 31.2. The van der Waals surface area contributed by atoms with E-state index >= 15 is 0 Å². The maximum Gasteiger partial charge on any atom is 0.326 e. The highest BCUT2D eigenvalue weighted by atomic mass is 32.2. The minimum atomic E-state index is -1.82. The van der Waals surface area contributed by atoms with E-state index in [-0.39, 0.29) is 38.0 Å². The van der Waals surface area contributed by atoms with Crippen molar-refractivity contribution in [3.63, 3.8) is 0 Å². The number of amides is 8. The predicted molar refractivity (Wildman–Crippen MR) is 246 cm³/mol. The third-order valence-corrected chi connectivity index (χ3v) is 11.0. The maximum absolute atomic E-state index is 13.8. The number of rotatable bonds is 33. The molecule has 8 amide bonds. The van der Waals surface area contributed by atoms with Crippen molar-refractivity contribution in [2.75, 3.05) is 25.1 Å². The fraction of sp³-hybridized carbons (Fsp3) is 0.628. The van der Waals surface area contributed by atoms with Gasteiger partial charge in [-0.3, -0.25) is 43.2 Å². The first kappa shape index (κ1) is 58.2. The van der Waals surface area contributed by atoms with Crippen molar-refractivity contribution in [1.29, 1.82) is 0 Å². The van der Waals surface area contributed by atoms with Crippen LogP contribution in [0.3, 0.4) is 0 Å². The molecule has 0 saturated carbocycles. The SMILES string of the molecule is CC[C@H](C)[C@H](NC(=O)[C@H](CCC(N)=O)NC(=O)[C@H](CC(=O)O)NC(=O)[C@H](CC(C)C)NC(=O)[C@H](CCSC)NC(=O)CNC(=O)[C@H](CCCCN)NC(=O)[C@@H](N)Cc1ccccc1)C(=O)O. The molecule has 370 valence electrons. The molecule has 0 bridgehead atoms. The molecular formula is C43H70N10O12S. The summed E-state index contributed by atoms with van der Waals surface area (Å²) in [6, 6.07) is -0.288. The summed E-state index contributed by atoms with van der Waals surface area (Å²) in [4.78, 5) is 129.